The summed E-state index contributed by atoms with van der Waals surface area (Å²) in [6.07, 6.45) is -0.226. The van der Waals surface area contributed by atoms with Gasteiger partial charge in [-0.15, -0.1) is 11.3 Å². The van der Waals surface area contributed by atoms with Gasteiger partial charge in [-0.3, -0.25) is 0 Å². The SMILES string of the molecule is CN1C(c2ccccc2)[N-]C(c2ccccc2)N(C)C1c1cccc2c1sc1c(-c3ccc4oc5c(-c6cccc7oc8ccccc8c67)cccc5c4c3)cccc12. The van der Waals surface area contributed by atoms with Crippen molar-refractivity contribution in [1.29, 1.82) is 0 Å². The molecule has 2 unspecified atom stereocenters. The van der Waals surface area contributed by atoms with Crippen molar-refractivity contribution in [2.45, 2.75) is 18.5 Å². The van der Waals surface area contributed by atoms with Crippen molar-refractivity contribution in [3.8, 4) is 22.3 Å². The number of thiophene rings is 1. The minimum absolute atomic E-state index is 0.0168. The summed E-state index contributed by atoms with van der Waals surface area (Å²) in [5, 5.41) is 12.4. The Bertz CT molecular complexity index is 3330. The molecule has 1 saturated heterocycles. The number of fused-ring (bicyclic) bond motifs is 9. The van der Waals surface area contributed by atoms with Crippen LogP contribution in [-0.2, 0) is 0 Å². The van der Waals surface area contributed by atoms with E-state index in [1.165, 1.54) is 48.0 Å². The highest BCUT2D eigenvalue weighted by atomic mass is 32.1. The number of hydrogen-bond acceptors (Lipinski definition) is 5. The summed E-state index contributed by atoms with van der Waals surface area (Å²) in [5.74, 6) is 0. The van der Waals surface area contributed by atoms with Crippen molar-refractivity contribution < 1.29 is 8.83 Å². The fraction of sp³-hybridized carbons (Fsp3) is 0.0943. The molecule has 0 bridgehead atoms. The maximum atomic E-state index is 6.74. The molecule has 0 amide bonds. The van der Waals surface area contributed by atoms with E-state index < -0.39 is 0 Å². The van der Waals surface area contributed by atoms with Crippen molar-refractivity contribution in [2.75, 3.05) is 14.1 Å². The van der Waals surface area contributed by atoms with E-state index in [4.69, 9.17) is 14.2 Å². The predicted octanol–water partition coefficient (Wildman–Crippen LogP) is 14.8. The second-order valence-corrected chi connectivity index (χ2v) is 16.7. The normalized spacial score (nSPS) is 18.0. The van der Waals surface area contributed by atoms with Crippen LogP contribution in [0.25, 0.3) is 91.6 Å². The van der Waals surface area contributed by atoms with Crippen LogP contribution in [0, 0.1) is 0 Å². The lowest BCUT2D eigenvalue weighted by Crippen LogP contribution is -2.46. The summed E-state index contributed by atoms with van der Waals surface area (Å²) < 4.78 is 15.6. The Hall–Kier alpha value is -6.54. The molecule has 3 aromatic heterocycles. The Morgan fingerprint density at radius 3 is 1.80 bits per heavy atom. The van der Waals surface area contributed by atoms with Gasteiger partial charge in [0, 0.05) is 52.8 Å². The van der Waals surface area contributed by atoms with E-state index in [2.05, 4.69) is 182 Å². The molecule has 1 fully saturated rings. The lowest BCUT2D eigenvalue weighted by Gasteiger charge is -2.59. The molecule has 1 aliphatic rings. The first-order valence-corrected chi connectivity index (χ1v) is 21.0. The molecule has 59 heavy (non-hydrogen) atoms. The standard InChI is InChI=1S/C53H38N3O2S/c1-55-51(32-15-5-3-6-16-32)54-52(33-17-7-4-8-18-33)56(2)53(55)42-26-13-25-40-39-24-11-20-35(49(39)59-50(40)42)34-29-30-45-43(31-34)38-23-12-22-37(48(38)58-45)36-21-14-28-46-47(36)41-19-9-10-27-44(41)57-46/h3-31,51-53H,1-2H3/q-1. The predicted molar refractivity (Wildman–Crippen MR) is 245 cm³/mol. The van der Waals surface area contributed by atoms with Crippen LogP contribution in [0.4, 0.5) is 0 Å². The third-order valence-corrected chi connectivity index (χ3v) is 13.7. The molecular weight excluding hydrogens is 743 g/mol. The molecule has 12 rings (SSSR count). The molecular formula is C53H38N3O2S-. The van der Waals surface area contributed by atoms with Crippen LogP contribution in [0.5, 0.6) is 0 Å². The summed E-state index contributed by atoms with van der Waals surface area (Å²) in [5.41, 5.74) is 11.8. The number of benzene rings is 8. The fourth-order valence-corrected chi connectivity index (χ4v) is 11.0. The van der Waals surface area contributed by atoms with Gasteiger partial charge in [-0.05, 0) is 55.1 Å². The van der Waals surface area contributed by atoms with Gasteiger partial charge in [0.2, 0.25) is 0 Å². The topological polar surface area (TPSA) is 46.9 Å². The van der Waals surface area contributed by atoms with Crippen molar-refractivity contribution in [1.82, 2.24) is 9.80 Å². The summed E-state index contributed by atoms with van der Waals surface area (Å²) in [7, 11) is 4.43. The first kappa shape index (κ1) is 34.5. The number of furan rings is 2. The average Bonchev–Trinajstić information content (AvgIpc) is 3.99. The van der Waals surface area contributed by atoms with Crippen LogP contribution in [0.3, 0.4) is 0 Å². The third-order valence-electron chi connectivity index (χ3n) is 12.4. The quantitative estimate of drug-likeness (QED) is 0.174. The molecule has 2 atom stereocenters. The Kier molecular flexibility index (Phi) is 7.90. The number of nitrogens with zero attached hydrogens (tertiary/aromatic N) is 3. The second-order valence-electron chi connectivity index (χ2n) is 15.7. The zero-order chi connectivity index (χ0) is 39.2. The maximum absolute atomic E-state index is 6.74. The molecule has 4 heterocycles. The van der Waals surface area contributed by atoms with E-state index in [9.17, 15) is 0 Å². The molecule has 1 aliphatic heterocycles. The van der Waals surface area contributed by atoms with Crippen LogP contribution in [0.2, 0.25) is 0 Å². The molecule has 11 aromatic rings. The molecule has 6 heteroatoms. The van der Waals surface area contributed by atoms with E-state index in [0.29, 0.717) is 0 Å². The van der Waals surface area contributed by atoms with Crippen LogP contribution in [0.15, 0.2) is 185 Å². The van der Waals surface area contributed by atoms with E-state index >= 15 is 0 Å². The highest BCUT2D eigenvalue weighted by Crippen LogP contribution is 2.51. The monoisotopic (exact) mass is 780 g/mol. The van der Waals surface area contributed by atoms with Crippen molar-refractivity contribution in [3.63, 3.8) is 0 Å². The molecule has 284 valence electrons. The van der Waals surface area contributed by atoms with Gasteiger partial charge in [-0.25, -0.2) is 0 Å². The summed E-state index contributed by atoms with van der Waals surface area (Å²) in [4.78, 5) is 4.85. The number of para-hydroxylation sites is 2. The van der Waals surface area contributed by atoms with E-state index in [1.54, 1.807) is 0 Å². The molecule has 5 nitrogen and oxygen atoms in total. The van der Waals surface area contributed by atoms with Gasteiger partial charge in [-0.2, -0.15) is 0 Å². The zero-order valence-electron chi connectivity index (χ0n) is 32.5. The highest BCUT2D eigenvalue weighted by molar-refractivity contribution is 7.26. The largest absolute Gasteiger partial charge is 0.624 e. The lowest BCUT2D eigenvalue weighted by molar-refractivity contribution is -0.00350. The Labute approximate surface area is 345 Å². The van der Waals surface area contributed by atoms with Gasteiger partial charge in [0.1, 0.15) is 22.3 Å². The Morgan fingerprint density at radius 2 is 1.03 bits per heavy atom. The van der Waals surface area contributed by atoms with Gasteiger partial charge in [-0.1, -0.05) is 175 Å². The Balaban J connectivity index is 0.994. The van der Waals surface area contributed by atoms with Crippen LogP contribution < -0.4 is 0 Å². The molecule has 8 aromatic carbocycles. The molecule has 0 saturated carbocycles. The summed E-state index contributed by atoms with van der Waals surface area (Å²) in [6, 6.07) is 62.7. The zero-order valence-corrected chi connectivity index (χ0v) is 33.4. The molecule has 0 spiro atoms. The van der Waals surface area contributed by atoms with Crippen LogP contribution >= 0.6 is 11.3 Å². The number of rotatable bonds is 5. The van der Waals surface area contributed by atoms with Gasteiger partial charge in [0.25, 0.3) is 0 Å². The maximum Gasteiger partial charge on any atom is 0.143 e. The van der Waals surface area contributed by atoms with E-state index in [0.717, 1.165) is 55.0 Å². The van der Waals surface area contributed by atoms with Crippen LogP contribution in [-0.4, -0.2) is 23.9 Å². The number of hydrogen-bond donors (Lipinski definition) is 0. The van der Waals surface area contributed by atoms with Gasteiger partial charge >= 0.3 is 0 Å². The first-order chi connectivity index (χ1) is 29.1. The van der Waals surface area contributed by atoms with E-state index in [-0.39, 0.29) is 18.5 Å². The smallest absolute Gasteiger partial charge is 0.143 e. The molecule has 0 aliphatic carbocycles. The summed E-state index contributed by atoms with van der Waals surface area (Å²) >= 11 is 1.90. The summed E-state index contributed by atoms with van der Waals surface area (Å²) in [6.45, 7) is 0. The minimum atomic E-state index is -0.105. The average molecular weight is 781 g/mol. The van der Waals surface area contributed by atoms with Crippen LogP contribution in [0.1, 0.15) is 35.2 Å². The third kappa shape index (κ3) is 5.35. The van der Waals surface area contributed by atoms with Gasteiger partial charge in [0.15, 0.2) is 0 Å². The van der Waals surface area contributed by atoms with E-state index in [1.807, 2.05) is 29.5 Å². The highest BCUT2D eigenvalue weighted by Gasteiger charge is 2.34. The van der Waals surface area contributed by atoms with Gasteiger partial charge in [0.05, 0.1) is 6.17 Å². The van der Waals surface area contributed by atoms with Gasteiger partial charge < -0.3 is 24.0 Å². The van der Waals surface area contributed by atoms with Crippen molar-refractivity contribution in [3.05, 3.63) is 198 Å². The second kappa shape index (κ2) is 13.5. The van der Waals surface area contributed by atoms with Crippen molar-refractivity contribution in [2.24, 2.45) is 0 Å². The minimum Gasteiger partial charge on any atom is -0.624 e. The Morgan fingerprint density at radius 1 is 0.458 bits per heavy atom. The lowest BCUT2D eigenvalue weighted by atomic mass is 9.96. The molecule has 0 N–H and O–H groups in total. The fourth-order valence-electron chi connectivity index (χ4n) is 9.68. The molecule has 0 radical (unpaired) electrons. The first-order valence-electron chi connectivity index (χ1n) is 20.1. The van der Waals surface area contributed by atoms with Crippen molar-refractivity contribution >= 4 is 75.4 Å².